The van der Waals surface area contributed by atoms with Gasteiger partial charge in [-0.25, -0.2) is 0 Å². The highest BCUT2D eigenvalue weighted by atomic mass is 16.5. The fraction of sp³-hybridized carbons (Fsp3) is 0.538. The van der Waals surface area contributed by atoms with E-state index in [1.165, 1.54) is 24.0 Å². The van der Waals surface area contributed by atoms with Crippen molar-refractivity contribution in [3.8, 4) is 0 Å². The number of hydrogen-bond donors (Lipinski definition) is 1. The van der Waals surface area contributed by atoms with Gasteiger partial charge in [-0.3, -0.25) is 0 Å². The molecule has 1 saturated carbocycles. The van der Waals surface area contributed by atoms with Crippen molar-refractivity contribution in [1.82, 2.24) is 0 Å². The molecule has 82 valence electrons. The number of ether oxygens (including phenoxy) is 1. The zero-order valence-corrected chi connectivity index (χ0v) is 9.49. The number of nitrogens with two attached hydrogens (primary N) is 1. The third-order valence-electron chi connectivity index (χ3n) is 3.32. The molecule has 0 bridgehead atoms. The van der Waals surface area contributed by atoms with E-state index < -0.39 is 0 Å². The van der Waals surface area contributed by atoms with Gasteiger partial charge in [0, 0.05) is 18.6 Å². The molecule has 1 aliphatic rings. The maximum Gasteiger partial charge on any atom is 0.0559 e. The number of hydrogen-bond acceptors (Lipinski definition) is 2. The molecule has 0 aliphatic heterocycles. The predicted octanol–water partition coefficient (Wildman–Crippen LogP) is 2.38. The van der Waals surface area contributed by atoms with Crippen molar-refractivity contribution < 1.29 is 4.74 Å². The van der Waals surface area contributed by atoms with E-state index in [0.29, 0.717) is 5.41 Å². The summed E-state index contributed by atoms with van der Waals surface area (Å²) in [4.78, 5) is 0. The summed E-state index contributed by atoms with van der Waals surface area (Å²) in [6, 6.07) is 8.79. The second-order valence-corrected chi connectivity index (χ2v) is 4.62. The average molecular weight is 205 g/mol. The molecule has 0 spiro atoms. The molecule has 1 aromatic rings. The van der Waals surface area contributed by atoms with Gasteiger partial charge in [-0.1, -0.05) is 24.3 Å². The monoisotopic (exact) mass is 205 g/mol. The van der Waals surface area contributed by atoms with Crippen LogP contribution in [0, 0.1) is 0 Å². The molecular weight excluding hydrogens is 186 g/mol. The summed E-state index contributed by atoms with van der Waals surface area (Å²) < 4.78 is 5.28. The minimum atomic E-state index is 0.122. The number of benzene rings is 1. The summed E-state index contributed by atoms with van der Waals surface area (Å²) in [6.45, 7) is 2.85. The van der Waals surface area contributed by atoms with Gasteiger partial charge in [-0.2, -0.15) is 0 Å². The van der Waals surface area contributed by atoms with Gasteiger partial charge in [0.15, 0.2) is 0 Å². The smallest absolute Gasteiger partial charge is 0.0559 e. The van der Waals surface area contributed by atoms with Gasteiger partial charge in [-0.15, -0.1) is 0 Å². The second-order valence-electron chi connectivity index (χ2n) is 4.62. The van der Waals surface area contributed by atoms with Crippen LogP contribution in [0.2, 0.25) is 0 Å². The molecule has 15 heavy (non-hydrogen) atoms. The Morgan fingerprint density at radius 1 is 1.33 bits per heavy atom. The van der Waals surface area contributed by atoms with Crippen LogP contribution in [0.25, 0.3) is 0 Å². The van der Waals surface area contributed by atoms with Gasteiger partial charge in [0.2, 0.25) is 0 Å². The van der Waals surface area contributed by atoms with Gasteiger partial charge in [0.05, 0.1) is 6.61 Å². The Balaban J connectivity index is 2.17. The van der Waals surface area contributed by atoms with Gasteiger partial charge < -0.3 is 10.5 Å². The highest BCUT2D eigenvalue weighted by Gasteiger charge is 2.44. The summed E-state index contributed by atoms with van der Waals surface area (Å²) in [5, 5.41) is 0. The summed E-state index contributed by atoms with van der Waals surface area (Å²) in [5.74, 6) is 0. The summed E-state index contributed by atoms with van der Waals surface area (Å²) in [6.07, 6.45) is 2.50. The molecule has 0 radical (unpaired) electrons. The highest BCUT2D eigenvalue weighted by molar-refractivity contribution is 5.34. The van der Waals surface area contributed by atoms with E-state index >= 15 is 0 Å². The van der Waals surface area contributed by atoms with Crippen molar-refractivity contribution in [2.24, 2.45) is 5.73 Å². The van der Waals surface area contributed by atoms with Gasteiger partial charge in [0.25, 0.3) is 0 Å². The lowest BCUT2D eigenvalue weighted by Crippen LogP contribution is -2.14. The minimum absolute atomic E-state index is 0.122. The Hall–Kier alpha value is -0.860. The topological polar surface area (TPSA) is 35.2 Å². The third kappa shape index (κ3) is 2.06. The van der Waals surface area contributed by atoms with Crippen molar-refractivity contribution in [2.45, 2.75) is 31.2 Å². The summed E-state index contributed by atoms with van der Waals surface area (Å²) in [5.41, 5.74) is 8.73. The Kier molecular flexibility index (Phi) is 2.81. The Morgan fingerprint density at radius 2 is 1.93 bits per heavy atom. The molecule has 1 unspecified atom stereocenters. The average Bonchev–Trinajstić information content (AvgIpc) is 3.00. The first-order chi connectivity index (χ1) is 7.18. The lowest BCUT2D eigenvalue weighted by Gasteiger charge is -2.15. The standard InChI is InChI=1S/C13H19NO/c1-10(14)11-3-5-12(6-4-11)13(7-8-13)9-15-2/h3-6,10H,7-9,14H2,1-2H3. The SMILES string of the molecule is COCC1(c2ccc(C(C)N)cc2)CC1. The van der Waals surface area contributed by atoms with Crippen LogP contribution >= 0.6 is 0 Å². The molecule has 0 heterocycles. The molecular formula is C13H19NO. The Bertz CT molecular complexity index is 325. The zero-order chi connectivity index (χ0) is 10.9. The molecule has 0 aromatic heterocycles. The lowest BCUT2D eigenvalue weighted by molar-refractivity contribution is 0.171. The highest BCUT2D eigenvalue weighted by Crippen LogP contribution is 2.48. The van der Waals surface area contributed by atoms with Crippen LogP contribution in [0.4, 0.5) is 0 Å². The Morgan fingerprint density at radius 3 is 2.33 bits per heavy atom. The first-order valence-corrected chi connectivity index (χ1v) is 5.53. The van der Waals surface area contributed by atoms with E-state index in [1.807, 2.05) is 6.92 Å². The molecule has 2 nitrogen and oxygen atoms in total. The zero-order valence-electron chi connectivity index (χ0n) is 9.49. The van der Waals surface area contributed by atoms with Crippen LogP contribution in [0.5, 0.6) is 0 Å². The summed E-state index contributed by atoms with van der Waals surface area (Å²) in [7, 11) is 1.77. The molecule has 1 atom stereocenters. The van der Waals surface area contributed by atoms with Crippen molar-refractivity contribution in [3.63, 3.8) is 0 Å². The van der Waals surface area contributed by atoms with Crippen LogP contribution in [-0.2, 0) is 10.2 Å². The molecule has 0 saturated heterocycles. The van der Waals surface area contributed by atoms with E-state index in [2.05, 4.69) is 24.3 Å². The fourth-order valence-corrected chi connectivity index (χ4v) is 2.08. The largest absolute Gasteiger partial charge is 0.384 e. The molecule has 1 aliphatic carbocycles. The molecule has 2 rings (SSSR count). The molecule has 2 N–H and O–H groups in total. The van der Waals surface area contributed by atoms with Crippen molar-refractivity contribution in [1.29, 1.82) is 0 Å². The quantitative estimate of drug-likeness (QED) is 0.819. The first-order valence-electron chi connectivity index (χ1n) is 5.53. The normalized spacial score (nSPS) is 19.9. The summed E-state index contributed by atoms with van der Waals surface area (Å²) >= 11 is 0. The molecule has 2 heteroatoms. The van der Waals surface area contributed by atoms with E-state index in [0.717, 1.165) is 6.61 Å². The van der Waals surface area contributed by atoms with Crippen LogP contribution in [0.15, 0.2) is 24.3 Å². The van der Waals surface area contributed by atoms with Crippen LogP contribution < -0.4 is 5.73 Å². The van der Waals surface area contributed by atoms with Gasteiger partial charge in [-0.05, 0) is 30.9 Å². The van der Waals surface area contributed by atoms with Crippen molar-refractivity contribution in [2.75, 3.05) is 13.7 Å². The predicted molar refractivity (Wildman–Crippen MR) is 61.8 cm³/mol. The number of rotatable bonds is 4. The minimum Gasteiger partial charge on any atom is -0.384 e. The number of methoxy groups -OCH3 is 1. The van der Waals surface area contributed by atoms with Crippen molar-refractivity contribution in [3.05, 3.63) is 35.4 Å². The van der Waals surface area contributed by atoms with E-state index in [1.54, 1.807) is 7.11 Å². The van der Waals surface area contributed by atoms with Gasteiger partial charge in [0.1, 0.15) is 0 Å². The Labute approximate surface area is 91.4 Å². The van der Waals surface area contributed by atoms with Crippen LogP contribution in [-0.4, -0.2) is 13.7 Å². The maximum atomic E-state index is 5.82. The molecule has 1 aromatic carbocycles. The van der Waals surface area contributed by atoms with Gasteiger partial charge >= 0.3 is 0 Å². The van der Waals surface area contributed by atoms with Crippen LogP contribution in [0.3, 0.4) is 0 Å². The van der Waals surface area contributed by atoms with E-state index in [-0.39, 0.29) is 6.04 Å². The maximum absolute atomic E-state index is 5.82. The first kappa shape index (κ1) is 10.7. The molecule has 1 fully saturated rings. The fourth-order valence-electron chi connectivity index (χ4n) is 2.08. The molecule has 0 amide bonds. The van der Waals surface area contributed by atoms with Crippen LogP contribution in [0.1, 0.15) is 36.9 Å². The third-order valence-corrected chi connectivity index (χ3v) is 3.32. The second kappa shape index (κ2) is 3.95. The van der Waals surface area contributed by atoms with E-state index in [4.69, 9.17) is 10.5 Å². The van der Waals surface area contributed by atoms with E-state index in [9.17, 15) is 0 Å². The van der Waals surface area contributed by atoms with Crippen molar-refractivity contribution >= 4 is 0 Å². The lowest BCUT2D eigenvalue weighted by atomic mass is 9.95.